The number of halogens is 3. The van der Waals surface area contributed by atoms with Crippen molar-refractivity contribution in [3.63, 3.8) is 0 Å². The van der Waals surface area contributed by atoms with E-state index in [2.05, 4.69) is 20.5 Å². The first-order valence-corrected chi connectivity index (χ1v) is 6.33. The fraction of sp³-hybridized carbons (Fsp3) is 0.385. The average Bonchev–Trinajstić information content (AvgIpc) is 2.86. The fourth-order valence-corrected chi connectivity index (χ4v) is 2.40. The Hall–Kier alpha value is -2.05. The number of aryl methyl sites for hydroxylation is 1. The maximum atomic E-state index is 12.4. The molecule has 1 atom stereocenters. The Balaban J connectivity index is 1.67. The van der Waals surface area contributed by atoms with Crippen LogP contribution in [0.2, 0.25) is 0 Å². The van der Waals surface area contributed by atoms with Gasteiger partial charge in [-0.15, -0.1) is 0 Å². The van der Waals surface area contributed by atoms with Gasteiger partial charge in [-0.05, 0) is 37.0 Å². The van der Waals surface area contributed by atoms with E-state index in [-0.39, 0.29) is 6.04 Å². The second kappa shape index (κ2) is 4.81. The highest BCUT2D eigenvalue weighted by Gasteiger charge is 2.30. The fourth-order valence-electron chi connectivity index (χ4n) is 2.40. The molecule has 20 heavy (non-hydrogen) atoms. The van der Waals surface area contributed by atoms with Crippen molar-refractivity contribution in [2.24, 2.45) is 0 Å². The summed E-state index contributed by atoms with van der Waals surface area (Å²) in [6.45, 7) is 0. The molecule has 4 nitrogen and oxygen atoms in total. The first-order chi connectivity index (χ1) is 9.52. The van der Waals surface area contributed by atoms with Gasteiger partial charge in [-0.3, -0.25) is 5.10 Å². The number of aromatic amines is 1. The van der Waals surface area contributed by atoms with Gasteiger partial charge in [0.15, 0.2) is 0 Å². The Labute approximate surface area is 113 Å². The van der Waals surface area contributed by atoms with Crippen molar-refractivity contribution in [1.29, 1.82) is 0 Å². The van der Waals surface area contributed by atoms with E-state index in [1.165, 1.54) is 6.07 Å². The van der Waals surface area contributed by atoms with E-state index in [1.807, 2.05) is 0 Å². The molecule has 3 rings (SSSR count). The summed E-state index contributed by atoms with van der Waals surface area (Å²) in [5.41, 5.74) is 1.56. The predicted molar refractivity (Wildman–Crippen MR) is 67.3 cm³/mol. The van der Waals surface area contributed by atoms with Gasteiger partial charge in [-0.1, -0.05) is 0 Å². The minimum absolute atomic E-state index is 0.171. The number of anilines is 1. The van der Waals surface area contributed by atoms with Crippen LogP contribution in [0.3, 0.4) is 0 Å². The molecule has 1 aliphatic rings. The van der Waals surface area contributed by atoms with Gasteiger partial charge in [0.2, 0.25) is 0 Å². The minimum Gasteiger partial charge on any atom is -0.367 e. The quantitative estimate of drug-likeness (QED) is 0.890. The SMILES string of the molecule is FC(F)(F)c1ccc(NC2CCc3[nH]ncc3C2)nc1. The molecular formula is C13H13F3N4. The van der Waals surface area contributed by atoms with Crippen LogP contribution >= 0.6 is 0 Å². The second-order valence-electron chi connectivity index (χ2n) is 4.89. The summed E-state index contributed by atoms with van der Waals surface area (Å²) in [7, 11) is 0. The number of alkyl halides is 3. The zero-order valence-corrected chi connectivity index (χ0v) is 10.5. The smallest absolute Gasteiger partial charge is 0.367 e. The molecule has 1 aliphatic carbocycles. The van der Waals surface area contributed by atoms with Gasteiger partial charge in [0.1, 0.15) is 5.82 Å². The number of fused-ring (bicyclic) bond motifs is 1. The van der Waals surface area contributed by atoms with Crippen LogP contribution in [-0.4, -0.2) is 21.2 Å². The minimum atomic E-state index is -4.35. The van der Waals surface area contributed by atoms with Gasteiger partial charge in [0, 0.05) is 17.9 Å². The molecular weight excluding hydrogens is 269 g/mol. The van der Waals surface area contributed by atoms with Crippen molar-refractivity contribution in [3.05, 3.63) is 41.3 Å². The molecule has 7 heteroatoms. The lowest BCUT2D eigenvalue weighted by molar-refractivity contribution is -0.137. The van der Waals surface area contributed by atoms with Crippen LogP contribution in [0.1, 0.15) is 23.2 Å². The van der Waals surface area contributed by atoms with Crippen molar-refractivity contribution in [2.45, 2.75) is 31.5 Å². The summed E-state index contributed by atoms with van der Waals surface area (Å²) >= 11 is 0. The maximum Gasteiger partial charge on any atom is 0.417 e. The lowest BCUT2D eigenvalue weighted by Crippen LogP contribution is -2.27. The van der Waals surface area contributed by atoms with Gasteiger partial charge in [0.25, 0.3) is 0 Å². The molecule has 0 bridgehead atoms. The zero-order valence-electron chi connectivity index (χ0n) is 10.5. The number of hydrogen-bond donors (Lipinski definition) is 2. The number of nitrogens with one attached hydrogen (secondary N) is 2. The Morgan fingerprint density at radius 3 is 2.80 bits per heavy atom. The molecule has 0 aliphatic heterocycles. The third kappa shape index (κ3) is 2.61. The topological polar surface area (TPSA) is 53.6 Å². The Morgan fingerprint density at radius 2 is 2.10 bits per heavy atom. The Morgan fingerprint density at radius 1 is 1.25 bits per heavy atom. The van der Waals surface area contributed by atoms with Crippen LogP contribution in [0.4, 0.5) is 19.0 Å². The summed E-state index contributed by atoms with van der Waals surface area (Å²) < 4.78 is 37.3. The monoisotopic (exact) mass is 282 g/mol. The van der Waals surface area contributed by atoms with Crippen molar-refractivity contribution in [3.8, 4) is 0 Å². The van der Waals surface area contributed by atoms with Crippen molar-refractivity contribution in [1.82, 2.24) is 15.2 Å². The molecule has 0 spiro atoms. The third-order valence-electron chi connectivity index (χ3n) is 3.46. The number of hydrogen-bond acceptors (Lipinski definition) is 3. The van der Waals surface area contributed by atoms with E-state index in [9.17, 15) is 13.2 Å². The molecule has 1 unspecified atom stereocenters. The van der Waals surface area contributed by atoms with Gasteiger partial charge in [0.05, 0.1) is 11.8 Å². The highest BCUT2D eigenvalue weighted by atomic mass is 19.4. The molecule has 2 heterocycles. The van der Waals surface area contributed by atoms with Gasteiger partial charge in [-0.25, -0.2) is 4.98 Å². The summed E-state index contributed by atoms with van der Waals surface area (Å²) in [4.78, 5) is 3.83. The van der Waals surface area contributed by atoms with Crippen LogP contribution in [0, 0.1) is 0 Å². The van der Waals surface area contributed by atoms with Crippen LogP contribution < -0.4 is 5.32 Å². The number of rotatable bonds is 2. The van der Waals surface area contributed by atoms with Crippen molar-refractivity contribution >= 4 is 5.82 Å². The van der Waals surface area contributed by atoms with Crippen LogP contribution in [-0.2, 0) is 19.0 Å². The molecule has 0 saturated heterocycles. The van der Waals surface area contributed by atoms with Gasteiger partial charge in [-0.2, -0.15) is 18.3 Å². The maximum absolute atomic E-state index is 12.4. The van der Waals surface area contributed by atoms with Crippen LogP contribution in [0.25, 0.3) is 0 Å². The first-order valence-electron chi connectivity index (χ1n) is 6.33. The van der Waals surface area contributed by atoms with E-state index >= 15 is 0 Å². The van der Waals surface area contributed by atoms with E-state index < -0.39 is 11.7 Å². The van der Waals surface area contributed by atoms with Crippen molar-refractivity contribution < 1.29 is 13.2 Å². The normalized spacial score (nSPS) is 18.6. The largest absolute Gasteiger partial charge is 0.417 e. The second-order valence-corrected chi connectivity index (χ2v) is 4.89. The van der Waals surface area contributed by atoms with E-state index in [1.54, 1.807) is 6.20 Å². The van der Waals surface area contributed by atoms with E-state index in [0.717, 1.165) is 42.8 Å². The lowest BCUT2D eigenvalue weighted by Gasteiger charge is -2.23. The van der Waals surface area contributed by atoms with Gasteiger partial charge >= 0.3 is 6.18 Å². The predicted octanol–water partition coefficient (Wildman–Crippen LogP) is 2.79. The molecule has 0 fully saturated rings. The van der Waals surface area contributed by atoms with Crippen molar-refractivity contribution in [2.75, 3.05) is 5.32 Å². The highest BCUT2D eigenvalue weighted by molar-refractivity contribution is 5.38. The number of aromatic nitrogens is 3. The first kappa shape index (κ1) is 13.0. The molecule has 0 saturated carbocycles. The number of H-pyrrole nitrogens is 1. The standard InChI is InChI=1S/C13H13F3N4/c14-13(15,16)9-1-4-12(17-7-9)19-10-2-3-11-8(5-10)6-18-20-11/h1,4,6-7,10H,2-3,5H2,(H,17,19)(H,18,20). The third-order valence-corrected chi connectivity index (χ3v) is 3.46. The Kier molecular flexibility index (Phi) is 3.11. The summed E-state index contributed by atoms with van der Waals surface area (Å²) in [5.74, 6) is 0.468. The average molecular weight is 282 g/mol. The molecule has 0 amide bonds. The van der Waals surface area contributed by atoms with Gasteiger partial charge < -0.3 is 5.32 Å². The zero-order chi connectivity index (χ0) is 14.2. The molecule has 2 aromatic rings. The molecule has 2 aromatic heterocycles. The van der Waals surface area contributed by atoms with Crippen LogP contribution in [0.15, 0.2) is 24.5 Å². The number of pyridine rings is 1. The molecule has 2 N–H and O–H groups in total. The van der Waals surface area contributed by atoms with E-state index in [0.29, 0.717) is 5.82 Å². The highest BCUT2D eigenvalue weighted by Crippen LogP contribution is 2.29. The summed E-state index contributed by atoms with van der Waals surface area (Å²) in [6.07, 6.45) is 0.889. The van der Waals surface area contributed by atoms with Crippen LogP contribution in [0.5, 0.6) is 0 Å². The molecule has 0 radical (unpaired) electrons. The Bertz CT molecular complexity index is 588. The summed E-state index contributed by atoms with van der Waals surface area (Å²) in [6, 6.07) is 2.58. The summed E-state index contributed by atoms with van der Waals surface area (Å²) in [5, 5.41) is 10.1. The lowest BCUT2D eigenvalue weighted by atomic mass is 9.93. The van der Waals surface area contributed by atoms with E-state index in [4.69, 9.17) is 0 Å². The molecule has 106 valence electrons. The number of nitrogens with zero attached hydrogens (tertiary/aromatic N) is 2. The molecule has 0 aromatic carbocycles.